The fourth-order valence-electron chi connectivity index (χ4n) is 2.96. The number of anilines is 2. The van der Waals surface area contributed by atoms with E-state index in [2.05, 4.69) is 10.3 Å². The van der Waals surface area contributed by atoms with Crippen molar-refractivity contribution < 1.29 is 22.8 Å². The third-order valence-corrected chi connectivity index (χ3v) is 4.69. The summed E-state index contributed by atoms with van der Waals surface area (Å²) in [5.41, 5.74) is 5.05. The molecule has 3 amide bonds. The summed E-state index contributed by atoms with van der Waals surface area (Å²) < 4.78 is 38.2. The third-order valence-electron chi connectivity index (χ3n) is 4.41. The van der Waals surface area contributed by atoms with Crippen molar-refractivity contribution in [3.8, 4) is 0 Å². The molecule has 1 saturated heterocycles. The van der Waals surface area contributed by atoms with Crippen molar-refractivity contribution >= 4 is 35.0 Å². The number of pyridine rings is 1. The molecule has 0 bridgehead atoms. The smallest absolute Gasteiger partial charge is 0.352 e. The van der Waals surface area contributed by atoms with Crippen LogP contribution in [0.25, 0.3) is 0 Å². The summed E-state index contributed by atoms with van der Waals surface area (Å²) in [4.78, 5) is 30.7. The van der Waals surface area contributed by atoms with E-state index in [-0.39, 0.29) is 16.7 Å². The van der Waals surface area contributed by atoms with E-state index < -0.39 is 17.8 Å². The van der Waals surface area contributed by atoms with Gasteiger partial charge in [0.25, 0.3) is 5.91 Å². The molecule has 2 heterocycles. The standard InChI is InChI=1S/C18H17ClF3N5O2/c19-14-9-12(18(20,21)22)10-24-15(14)26-5-7-27(8-6-26)16(28)11-1-3-13(4-2-11)25-17(23)29/h1-4,9-10H,5-8H2,(H3,23,25,29). The van der Waals surface area contributed by atoms with E-state index in [4.69, 9.17) is 17.3 Å². The Bertz CT molecular complexity index is 913. The van der Waals surface area contributed by atoms with Gasteiger partial charge in [0.05, 0.1) is 10.6 Å². The number of rotatable bonds is 3. The molecule has 3 rings (SSSR count). The summed E-state index contributed by atoms with van der Waals surface area (Å²) in [6.07, 6.45) is -3.76. The highest BCUT2D eigenvalue weighted by molar-refractivity contribution is 6.33. The monoisotopic (exact) mass is 427 g/mol. The fourth-order valence-corrected chi connectivity index (χ4v) is 3.25. The van der Waals surface area contributed by atoms with Gasteiger partial charge in [0.15, 0.2) is 0 Å². The molecule has 2 aromatic rings. The Morgan fingerprint density at radius 2 is 1.72 bits per heavy atom. The Balaban J connectivity index is 1.63. The largest absolute Gasteiger partial charge is 0.417 e. The lowest BCUT2D eigenvalue weighted by molar-refractivity contribution is -0.137. The maximum Gasteiger partial charge on any atom is 0.417 e. The topological polar surface area (TPSA) is 91.6 Å². The highest BCUT2D eigenvalue weighted by Gasteiger charge is 2.32. The number of carbonyl (C=O) groups excluding carboxylic acids is 2. The van der Waals surface area contributed by atoms with Gasteiger partial charge in [-0.15, -0.1) is 0 Å². The summed E-state index contributed by atoms with van der Waals surface area (Å²) in [7, 11) is 0. The van der Waals surface area contributed by atoms with Gasteiger partial charge in [0, 0.05) is 43.6 Å². The summed E-state index contributed by atoms with van der Waals surface area (Å²) in [5, 5.41) is 2.32. The van der Waals surface area contributed by atoms with Crippen molar-refractivity contribution in [3.05, 3.63) is 52.7 Å². The third kappa shape index (κ3) is 4.89. The molecule has 0 atom stereocenters. The van der Waals surface area contributed by atoms with Crippen LogP contribution in [0.5, 0.6) is 0 Å². The number of piperazine rings is 1. The van der Waals surface area contributed by atoms with Crippen LogP contribution in [-0.2, 0) is 6.18 Å². The minimum atomic E-state index is -4.51. The summed E-state index contributed by atoms with van der Waals surface area (Å²) in [6.45, 7) is 1.48. The van der Waals surface area contributed by atoms with Gasteiger partial charge in [-0.2, -0.15) is 13.2 Å². The SMILES string of the molecule is NC(=O)Nc1ccc(C(=O)N2CCN(c3ncc(C(F)(F)F)cc3Cl)CC2)cc1. The summed E-state index contributed by atoms with van der Waals surface area (Å²) >= 11 is 5.99. The lowest BCUT2D eigenvalue weighted by Gasteiger charge is -2.35. The second-order valence-corrected chi connectivity index (χ2v) is 6.78. The zero-order valence-corrected chi connectivity index (χ0v) is 15.8. The van der Waals surface area contributed by atoms with Gasteiger partial charge < -0.3 is 20.9 Å². The van der Waals surface area contributed by atoms with E-state index in [1.807, 2.05) is 0 Å². The maximum absolute atomic E-state index is 12.7. The number of carbonyl (C=O) groups is 2. The molecule has 1 aliphatic heterocycles. The van der Waals surface area contributed by atoms with E-state index in [9.17, 15) is 22.8 Å². The first-order valence-corrected chi connectivity index (χ1v) is 8.96. The minimum Gasteiger partial charge on any atom is -0.352 e. The Labute approximate surface area is 169 Å². The Morgan fingerprint density at radius 1 is 1.10 bits per heavy atom. The predicted octanol–water partition coefficient (Wildman–Crippen LogP) is 3.21. The Kier molecular flexibility index (Phi) is 5.83. The molecule has 0 unspecified atom stereocenters. The van der Waals surface area contributed by atoms with E-state index in [0.717, 1.165) is 12.3 Å². The number of urea groups is 1. The van der Waals surface area contributed by atoms with Gasteiger partial charge in [0.1, 0.15) is 5.82 Å². The van der Waals surface area contributed by atoms with Crippen molar-refractivity contribution in [2.45, 2.75) is 6.18 Å². The molecular weight excluding hydrogens is 411 g/mol. The number of aromatic nitrogens is 1. The van der Waals surface area contributed by atoms with Crippen molar-refractivity contribution in [2.24, 2.45) is 5.73 Å². The maximum atomic E-state index is 12.7. The van der Waals surface area contributed by atoms with Crippen LogP contribution in [0.15, 0.2) is 36.5 Å². The van der Waals surface area contributed by atoms with E-state index in [1.54, 1.807) is 34.1 Å². The molecule has 1 aliphatic rings. The first-order valence-electron chi connectivity index (χ1n) is 8.58. The molecule has 0 saturated carbocycles. The molecule has 0 aliphatic carbocycles. The second kappa shape index (κ2) is 8.16. The predicted molar refractivity (Wildman–Crippen MR) is 102 cm³/mol. The molecule has 154 valence electrons. The van der Waals surface area contributed by atoms with E-state index in [0.29, 0.717) is 37.4 Å². The normalized spacial score (nSPS) is 14.6. The molecule has 1 aromatic heterocycles. The van der Waals surface area contributed by atoms with Crippen LogP contribution in [0.1, 0.15) is 15.9 Å². The Morgan fingerprint density at radius 3 is 2.24 bits per heavy atom. The zero-order chi connectivity index (χ0) is 21.2. The van der Waals surface area contributed by atoms with Crippen LogP contribution in [0.2, 0.25) is 5.02 Å². The molecule has 29 heavy (non-hydrogen) atoms. The quantitative estimate of drug-likeness (QED) is 0.786. The molecule has 11 heteroatoms. The first kappa shape index (κ1) is 20.7. The van der Waals surface area contributed by atoms with Crippen LogP contribution < -0.4 is 16.0 Å². The fraction of sp³-hybridized carbons (Fsp3) is 0.278. The number of nitrogens with two attached hydrogens (primary N) is 1. The second-order valence-electron chi connectivity index (χ2n) is 6.37. The number of hydrogen-bond acceptors (Lipinski definition) is 4. The van der Waals surface area contributed by atoms with E-state index in [1.165, 1.54) is 0 Å². The number of primary amides is 1. The van der Waals surface area contributed by atoms with Gasteiger partial charge in [-0.05, 0) is 30.3 Å². The highest BCUT2D eigenvalue weighted by atomic mass is 35.5. The molecule has 1 aromatic carbocycles. The van der Waals surface area contributed by atoms with Crippen LogP contribution in [-0.4, -0.2) is 48.0 Å². The number of benzene rings is 1. The number of amides is 3. The van der Waals surface area contributed by atoms with E-state index >= 15 is 0 Å². The molecular formula is C18H17ClF3N5O2. The number of halogens is 4. The van der Waals surface area contributed by atoms with Crippen molar-refractivity contribution in [2.75, 3.05) is 36.4 Å². The molecule has 3 N–H and O–H groups in total. The zero-order valence-electron chi connectivity index (χ0n) is 15.0. The minimum absolute atomic E-state index is 0.0860. The van der Waals surface area contributed by atoms with Gasteiger partial charge >= 0.3 is 12.2 Å². The van der Waals surface area contributed by atoms with Crippen molar-refractivity contribution in [3.63, 3.8) is 0 Å². The summed E-state index contributed by atoms with van der Waals surface area (Å²) in [6, 6.07) is 6.45. The van der Waals surface area contributed by atoms with Gasteiger partial charge in [0.2, 0.25) is 0 Å². The molecule has 0 spiro atoms. The van der Waals surface area contributed by atoms with Gasteiger partial charge in [-0.25, -0.2) is 9.78 Å². The summed E-state index contributed by atoms with van der Waals surface area (Å²) in [5.74, 6) is 0.0652. The lowest BCUT2D eigenvalue weighted by Crippen LogP contribution is -2.49. The van der Waals surface area contributed by atoms with Crippen molar-refractivity contribution in [1.82, 2.24) is 9.88 Å². The van der Waals surface area contributed by atoms with Crippen LogP contribution in [0.3, 0.4) is 0 Å². The van der Waals surface area contributed by atoms with Crippen LogP contribution >= 0.6 is 11.6 Å². The molecule has 0 radical (unpaired) electrons. The number of nitrogens with zero attached hydrogens (tertiary/aromatic N) is 3. The van der Waals surface area contributed by atoms with Crippen LogP contribution in [0.4, 0.5) is 29.5 Å². The average molecular weight is 428 g/mol. The van der Waals surface area contributed by atoms with Gasteiger partial charge in [-0.3, -0.25) is 4.79 Å². The number of hydrogen-bond donors (Lipinski definition) is 2. The lowest BCUT2D eigenvalue weighted by atomic mass is 10.1. The molecule has 7 nitrogen and oxygen atoms in total. The highest BCUT2D eigenvalue weighted by Crippen LogP contribution is 2.33. The Hall–Kier alpha value is -3.01. The van der Waals surface area contributed by atoms with Crippen molar-refractivity contribution in [1.29, 1.82) is 0 Å². The van der Waals surface area contributed by atoms with Crippen LogP contribution in [0, 0.1) is 0 Å². The van der Waals surface area contributed by atoms with Gasteiger partial charge in [-0.1, -0.05) is 11.6 Å². The average Bonchev–Trinajstić information content (AvgIpc) is 2.67. The number of alkyl halides is 3. The molecule has 1 fully saturated rings. The first-order chi connectivity index (χ1) is 13.6. The number of nitrogens with one attached hydrogen (secondary N) is 1.